The van der Waals surface area contributed by atoms with E-state index < -0.39 is 12.7 Å². The van der Waals surface area contributed by atoms with E-state index in [-0.39, 0.29) is 6.04 Å². The van der Waals surface area contributed by atoms with E-state index in [9.17, 15) is 13.2 Å². The third-order valence-corrected chi connectivity index (χ3v) is 3.38. The van der Waals surface area contributed by atoms with Crippen LogP contribution in [-0.2, 0) is 0 Å². The number of alkyl halides is 3. The molecule has 0 spiro atoms. The lowest BCUT2D eigenvalue weighted by molar-refractivity contribution is -0.145. The van der Waals surface area contributed by atoms with Crippen molar-refractivity contribution in [1.29, 1.82) is 0 Å². The Morgan fingerprint density at radius 3 is 2.58 bits per heavy atom. The molecule has 0 aromatic heterocycles. The average Bonchev–Trinajstić information content (AvgIpc) is 2.32. The van der Waals surface area contributed by atoms with E-state index in [1.54, 1.807) is 6.92 Å². The highest BCUT2D eigenvalue weighted by Crippen LogP contribution is 2.21. The predicted molar refractivity (Wildman–Crippen MR) is 73.9 cm³/mol. The van der Waals surface area contributed by atoms with Gasteiger partial charge in [-0.05, 0) is 30.7 Å². The predicted octanol–water partition coefficient (Wildman–Crippen LogP) is 3.72. The maximum absolute atomic E-state index is 12.3. The number of halogens is 4. The fraction of sp³-hybridized carbons (Fsp3) is 0.538. The molecule has 0 saturated heterocycles. The molecule has 0 heterocycles. The Bertz CT molecular complexity index is 396. The maximum Gasteiger partial charge on any atom is 0.401 e. The first-order chi connectivity index (χ1) is 8.81. The highest BCUT2D eigenvalue weighted by atomic mass is 79.9. The molecular weight excluding hydrogens is 321 g/mol. The largest absolute Gasteiger partial charge is 0.401 e. The minimum Gasteiger partial charge on any atom is -0.324 e. The Balaban J connectivity index is 2.50. The van der Waals surface area contributed by atoms with Crippen LogP contribution in [0.5, 0.6) is 0 Å². The van der Waals surface area contributed by atoms with Gasteiger partial charge in [-0.15, -0.1) is 0 Å². The third kappa shape index (κ3) is 6.40. The van der Waals surface area contributed by atoms with Gasteiger partial charge in [-0.25, -0.2) is 0 Å². The zero-order valence-electron chi connectivity index (χ0n) is 10.8. The molecule has 0 aliphatic rings. The summed E-state index contributed by atoms with van der Waals surface area (Å²) in [5.41, 5.74) is 6.93. The van der Waals surface area contributed by atoms with Gasteiger partial charge in [-0.1, -0.05) is 35.0 Å². The molecule has 1 rings (SSSR count). The van der Waals surface area contributed by atoms with Crippen molar-refractivity contribution in [3.8, 4) is 0 Å². The van der Waals surface area contributed by atoms with Gasteiger partial charge in [0.1, 0.15) is 0 Å². The van der Waals surface area contributed by atoms with Crippen LogP contribution in [0.2, 0.25) is 0 Å². The van der Waals surface area contributed by atoms with Gasteiger partial charge in [-0.2, -0.15) is 13.2 Å². The number of rotatable bonds is 6. The summed E-state index contributed by atoms with van der Waals surface area (Å²) in [5.74, 6) is 0. The molecule has 1 atom stereocenters. The molecular formula is C13H18BrF3N2. The first-order valence-corrected chi connectivity index (χ1v) is 6.91. The Morgan fingerprint density at radius 1 is 1.37 bits per heavy atom. The van der Waals surface area contributed by atoms with Crippen molar-refractivity contribution < 1.29 is 13.2 Å². The summed E-state index contributed by atoms with van der Waals surface area (Å²) in [7, 11) is 0. The van der Waals surface area contributed by atoms with Crippen LogP contribution in [0.4, 0.5) is 13.2 Å². The van der Waals surface area contributed by atoms with Crippen molar-refractivity contribution >= 4 is 15.9 Å². The van der Waals surface area contributed by atoms with Crippen molar-refractivity contribution in [2.75, 3.05) is 19.6 Å². The smallest absolute Gasteiger partial charge is 0.324 e. The van der Waals surface area contributed by atoms with E-state index in [1.807, 2.05) is 24.3 Å². The summed E-state index contributed by atoms with van der Waals surface area (Å²) in [6, 6.07) is 7.28. The topological polar surface area (TPSA) is 29.3 Å². The molecule has 0 bridgehead atoms. The van der Waals surface area contributed by atoms with Crippen molar-refractivity contribution in [3.05, 3.63) is 34.3 Å². The van der Waals surface area contributed by atoms with Crippen LogP contribution in [0.1, 0.15) is 24.9 Å². The molecule has 2 nitrogen and oxygen atoms in total. The van der Waals surface area contributed by atoms with Gasteiger partial charge in [0, 0.05) is 17.1 Å². The van der Waals surface area contributed by atoms with Crippen LogP contribution in [0.15, 0.2) is 28.7 Å². The summed E-state index contributed by atoms with van der Waals surface area (Å²) in [5, 5.41) is 0. The van der Waals surface area contributed by atoms with Crippen molar-refractivity contribution in [3.63, 3.8) is 0 Å². The Morgan fingerprint density at radius 2 is 2.05 bits per heavy atom. The maximum atomic E-state index is 12.3. The van der Waals surface area contributed by atoms with Crippen molar-refractivity contribution in [2.45, 2.75) is 25.6 Å². The van der Waals surface area contributed by atoms with E-state index in [2.05, 4.69) is 15.9 Å². The second-order valence-corrected chi connectivity index (χ2v) is 5.35. The monoisotopic (exact) mass is 338 g/mol. The fourth-order valence-corrected chi connectivity index (χ4v) is 2.25. The van der Waals surface area contributed by atoms with Crippen molar-refractivity contribution in [2.24, 2.45) is 5.73 Å². The van der Waals surface area contributed by atoms with Crippen LogP contribution >= 0.6 is 15.9 Å². The molecule has 1 unspecified atom stereocenters. The van der Waals surface area contributed by atoms with Crippen molar-refractivity contribution in [1.82, 2.24) is 4.90 Å². The molecule has 0 aliphatic carbocycles. The second kappa shape index (κ2) is 7.26. The van der Waals surface area contributed by atoms with Gasteiger partial charge in [-0.3, -0.25) is 4.90 Å². The molecule has 6 heteroatoms. The number of benzene rings is 1. The van der Waals surface area contributed by atoms with E-state index >= 15 is 0 Å². The highest BCUT2D eigenvalue weighted by Gasteiger charge is 2.30. The molecule has 0 radical (unpaired) electrons. The average molecular weight is 339 g/mol. The third-order valence-electron chi connectivity index (χ3n) is 2.88. The molecule has 0 amide bonds. The summed E-state index contributed by atoms with van der Waals surface area (Å²) in [6.07, 6.45) is -3.66. The van der Waals surface area contributed by atoms with Gasteiger partial charge >= 0.3 is 6.18 Å². The van der Waals surface area contributed by atoms with Crippen LogP contribution in [0, 0.1) is 0 Å². The summed E-state index contributed by atoms with van der Waals surface area (Å²) in [4.78, 5) is 1.36. The van der Waals surface area contributed by atoms with Gasteiger partial charge < -0.3 is 5.73 Å². The number of hydrogen-bond acceptors (Lipinski definition) is 2. The molecule has 0 aliphatic heterocycles. The zero-order chi connectivity index (χ0) is 14.5. The van der Waals surface area contributed by atoms with Gasteiger partial charge in [0.2, 0.25) is 0 Å². The molecule has 0 fully saturated rings. The van der Waals surface area contributed by atoms with Gasteiger partial charge in [0.15, 0.2) is 0 Å². The van der Waals surface area contributed by atoms with Crippen LogP contribution in [0.3, 0.4) is 0 Å². The lowest BCUT2D eigenvalue weighted by atomic mass is 10.0. The Hall–Kier alpha value is -0.590. The number of nitrogens with two attached hydrogens (primary N) is 1. The van der Waals surface area contributed by atoms with Crippen LogP contribution < -0.4 is 5.73 Å². The summed E-state index contributed by atoms with van der Waals surface area (Å²) < 4.78 is 37.9. The van der Waals surface area contributed by atoms with E-state index in [4.69, 9.17) is 5.73 Å². The highest BCUT2D eigenvalue weighted by molar-refractivity contribution is 9.10. The van der Waals surface area contributed by atoms with E-state index in [1.165, 1.54) is 4.90 Å². The van der Waals surface area contributed by atoms with E-state index in [0.717, 1.165) is 10.0 Å². The van der Waals surface area contributed by atoms with Crippen LogP contribution in [-0.4, -0.2) is 30.7 Å². The van der Waals surface area contributed by atoms with Crippen LogP contribution in [0.25, 0.3) is 0 Å². The standard InChI is InChI=1S/C13H18BrF3N2/c1-2-19(9-13(15,16)17)7-6-12(18)10-4-3-5-11(14)8-10/h3-5,8,12H,2,6-7,9,18H2,1H3. The number of nitrogens with zero attached hydrogens (tertiary/aromatic N) is 1. The molecule has 1 aromatic rings. The molecule has 0 saturated carbocycles. The molecule has 1 aromatic carbocycles. The summed E-state index contributed by atoms with van der Waals surface area (Å²) >= 11 is 3.35. The molecule has 19 heavy (non-hydrogen) atoms. The quantitative estimate of drug-likeness (QED) is 0.856. The SMILES string of the molecule is CCN(CCC(N)c1cccc(Br)c1)CC(F)(F)F. The minimum atomic E-state index is -4.16. The molecule has 108 valence electrons. The zero-order valence-corrected chi connectivity index (χ0v) is 12.3. The normalized spacial score (nSPS) is 13.8. The lowest BCUT2D eigenvalue weighted by Crippen LogP contribution is -2.35. The van der Waals surface area contributed by atoms with Gasteiger partial charge in [0.25, 0.3) is 0 Å². The van der Waals surface area contributed by atoms with Gasteiger partial charge in [0.05, 0.1) is 6.54 Å². The first-order valence-electron chi connectivity index (χ1n) is 6.12. The number of hydrogen-bond donors (Lipinski definition) is 1. The minimum absolute atomic E-state index is 0.250. The van der Waals surface area contributed by atoms with E-state index in [0.29, 0.717) is 19.5 Å². The first kappa shape index (κ1) is 16.5. The second-order valence-electron chi connectivity index (χ2n) is 4.43. The summed E-state index contributed by atoms with van der Waals surface area (Å²) in [6.45, 7) is 1.54. The Labute approximate surface area is 119 Å². The lowest BCUT2D eigenvalue weighted by Gasteiger charge is -2.23. The fourth-order valence-electron chi connectivity index (χ4n) is 1.83. The molecule has 2 N–H and O–H groups in total. The Kier molecular flexibility index (Phi) is 6.29.